The Hall–Kier alpha value is -2.76. The molecule has 3 heterocycles. The Morgan fingerprint density at radius 1 is 1.09 bits per heavy atom. The first-order valence-corrected chi connectivity index (χ1v) is 7.77. The third-order valence-electron chi connectivity index (χ3n) is 3.62. The second-order valence-electron chi connectivity index (χ2n) is 5.25. The van der Waals surface area contributed by atoms with E-state index in [1.54, 1.807) is 18.6 Å². The summed E-state index contributed by atoms with van der Waals surface area (Å²) in [6, 6.07) is 5.88. The molecule has 0 aliphatic rings. The highest BCUT2D eigenvalue weighted by Crippen LogP contribution is 2.15. The number of hydrogen-bond acceptors (Lipinski definition) is 5. The Morgan fingerprint density at radius 3 is 2.83 bits per heavy atom. The quantitative estimate of drug-likeness (QED) is 0.758. The maximum absolute atomic E-state index is 4.55. The number of rotatable bonds is 6. The predicted molar refractivity (Wildman–Crippen MR) is 90.1 cm³/mol. The van der Waals surface area contributed by atoms with Crippen LogP contribution in [-0.4, -0.2) is 31.0 Å². The lowest BCUT2D eigenvalue weighted by molar-refractivity contribution is 0.729. The van der Waals surface area contributed by atoms with Crippen molar-refractivity contribution in [3.8, 4) is 11.5 Å². The molecule has 0 saturated heterocycles. The van der Waals surface area contributed by atoms with Crippen molar-refractivity contribution in [3.63, 3.8) is 0 Å². The fourth-order valence-corrected chi connectivity index (χ4v) is 2.38. The second-order valence-corrected chi connectivity index (χ2v) is 5.25. The molecule has 0 spiro atoms. The molecule has 1 N–H and O–H groups in total. The van der Waals surface area contributed by atoms with Crippen molar-refractivity contribution in [1.29, 1.82) is 0 Å². The van der Waals surface area contributed by atoms with E-state index in [1.165, 1.54) is 0 Å². The van der Waals surface area contributed by atoms with Crippen LogP contribution in [0.5, 0.6) is 0 Å². The van der Waals surface area contributed by atoms with Crippen LogP contribution in [0.15, 0.2) is 43.0 Å². The molecule has 0 radical (unpaired) electrons. The topological polar surface area (TPSA) is 68.5 Å². The van der Waals surface area contributed by atoms with Crippen LogP contribution < -0.4 is 5.32 Å². The molecule has 23 heavy (non-hydrogen) atoms. The van der Waals surface area contributed by atoms with E-state index in [0.29, 0.717) is 0 Å². The van der Waals surface area contributed by atoms with Gasteiger partial charge >= 0.3 is 0 Å². The van der Waals surface area contributed by atoms with Gasteiger partial charge in [-0.25, -0.2) is 19.9 Å². The first kappa shape index (κ1) is 15.1. The van der Waals surface area contributed by atoms with Crippen LogP contribution in [0, 0.1) is 6.92 Å². The van der Waals surface area contributed by atoms with Gasteiger partial charge in [0.1, 0.15) is 17.3 Å². The van der Waals surface area contributed by atoms with Crippen LogP contribution >= 0.6 is 0 Å². The molecule has 0 fully saturated rings. The molecule has 0 amide bonds. The van der Waals surface area contributed by atoms with Crippen molar-refractivity contribution in [2.75, 3.05) is 11.9 Å². The highest BCUT2D eigenvalue weighted by molar-refractivity contribution is 5.49. The van der Waals surface area contributed by atoms with Crippen molar-refractivity contribution in [3.05, 3.63) is 54.4 Å². The normalized spacial score (nSPS) is 10.7. The van der Waals surface area contributed by atoms with E-state index in [2.05, 4.69) is 29.8 Å². The summed E-state index contributed by atoms with van der Waals surface area (Å²) in [7, 11) is 0. The van der Waals surface area contributed by atoms with Gasteiger partial charge in [-0.2, -0.15) is 0 Å². The Bertz CT molecular complexity index is 780. The molecular formula is C17H20N6. The molecule has 3 aromatic heterocycles. The summed E-state index contributed by atoms with van der Waals surface area (Å²) in [6.45, 7) is 5.65. The Labute approximate surface area is 135 Å². The van der Waals surface area contributed by atoms with Gasteiger partial charge in [0.25, 0.3) is 0 Å². The summed E-state index contributed by atoms with van der Waals surface area (Å²) in [5.74, 6) is 2.62. The molecule has 0 aliphatic carbocycles. The third kappa shape index (κ3) is 3.53. The summed E-state index contributed by atoms with van der Waals surface area (Å²) in [6.07, 6.45) is 8.17. The summed E-state index contributed by atoms with van der Waals surface area (Å²) < 4.78 is 2.09. The Kier molecular flexibility index (Phi) is 4.61. The SMILES string of the molecule is CCc1nccc(-c2nccn2CCNc2ncccc2C)n1. The van der Waals surface area contributed by atoms with Crippen molar-refractivity contribution in [2.24, 2.45) is 0 Å². The number of nitrogens with zero attached hydrogens (tertiary/aromatic N) is 5. The first-order valence-electron chi connectivity index (χ1n) is 7.77. The van der Waals surface area contributed by atoms with Gasteiger partial charge in [-0.1, -0.05) is 13.0 Å². The fraction of sp³-hybridized carbons (Fsp3) is 0.294. The van der Waals surface area contributed by atoms with E-state index in [9.17, 15) is 0 Å². The average Bonchev–Trinajstić information content (AvgIpc) is 3.05. The van der Waals surface area contributed by atoms with Crippen LogP contribution in [-0.2, 0) is 13.0 Å². The highest BCUT2D eigenvalue weighted by Gasteiger charge is 2.08. The molecular weight excluding hydrogens is 288 g/mol. The van der Waals surface area contributed by atoms with Crippen molar-refractivity contribution in [2.45, 2.75) is 26.8 Å². The third-order valence-corrected chi connectivity index (χ3v) is 3.62. The van der Waals surface area contributed by atoms with Gasteiger partial charge in [-0.05, 0) is 24.6 Å². The zero-order valence-electron chi connectivity index (χ0n) is 13.4. The Morgan fingerprint density at radius 2 is 2.00 bits per heavy atom. The van der Waals surface area contributed by atoms with Crippen molar-refractivity contribution < 1.29 is 0 Å². The number of pyridine rings is 1. The number of nitrogens with one attached hydrogen (secondary N) is 1. The molecule has 3 aromatic rings. The summed E-state index contributed by atoms with van der Waals surface area (Å²) in [4.78, 5) is 17.6. The van der Waals surface area contributed by atoms with Crippen LogP contribution in [0.2, 0.25) is 0 Å². The first-order chi connectivity index (χ1) is 11.3. The van der Waals surface area contributed by atoms with Crippen LogP contribution in [0.25, 0.3) is 11.5 Å². The number of aryl methyl sites for hydroxylation is 2. The minimum absolute atomic E-state index is 0.771. The lowest BCUT2D eigenvalue weighted by Gasteiger charge is -2.10. The summed E-state index contributed by atoms with van der Waals surface area (Å²) in [5.41, 5.74) is 2.00. The van der Waals surface area contributed by atoms with E-state index in [1.807, 2.05) is 38.2 Å². The van der Waals surface area contributed by atoms with Gasteiger partial charge in [0.15, 0.2) is 5.82 Å². The van der Waals surface area contributed by atoms with Gasteiger partial charge < -0.3 is 9.88 Å². The minimum atomic E-state index is 0.771. The second kappa shape index (κ2) is 7.00. The van der Waals surface area contributed by atoms with Gasteiger partial charge in [0, 0.05) is 44.3 Å². The monoisotopic (exact) mass is 308 g/mol. The summed E-state index contributed by atoms with van der Waals surface area (Å²) in [5, 5.41) is 3.36. The summed E-state index contributed by atoms with van der Waals surface area (Å²) >= 11 is 0. The molecule has 0 aromatic carbocycles. The van der Waals surface area contributed by atoms with Crippen molar-refractivity contribution in [1.82, 2.24) is 24.5 Å². The molecule has 0 atom stereocenters. The van der Waals surface area contributed by atoms with E-state index in [-0.39, 0.29) is 0 Å². The largest absolute Gasteiger partial charge is 0.368 e. The molecule has 0 saturated carbocycles. The van der Waals surface area contributed by atoms with Crippen LogP contribution in [0.4, 0.5) is 5.82 Å². The number of anilines is 1. The standard InChI is InChI=1S/C17H20N6/c1-3-15-18-8-6-14(22-15)17-21-10-12-23(17)11-9-20-16-13(2)5-4-7-19-16/h4-8,10,12H,3,9,11H2,1-2H3,(H,19,20). The zero-order valence-corrected chi connectivity index (χ0v) is 13.4. The zero-order chi connectivity index (χ0) is 16.1. The van der Waals surface area contributed by atoms with Gasteiger partial charge in [0.05, 0.1) is 0 Å². The number of imidazole rings is 1. The predicted octanol–water partition coefficient (Wildman–Crippen LogP) is 2.72. The molecule has 6 heteroatoms. The van der Waals surface area contributed by atoms with E-state index in [0.717, 1.165) is 48.2 Å². The van der Waals surface area contributed by atoms with E-state index >= 15 is 0 Å². The van der Waals surface area contributed by atoms with Crippen LogP contribution in [0.3, 0.4) is 0 Å². The van der Waals surface area contributed by atoms with Crippen molar-refractivity contribution >= 4 is 5.82 Å². The smallest absolute Gasteiger partial charge is 0.158 e. The van der Waals surface area contributed by atoms with E-state index < -0.39 is 0 Å². The van der Waals surface area contributed by atoms with Gasteiger partial charge in [-0.3, -0.25) is 0 Å². The Balaban J connectivity index is 1.70. The number of aromatic nitrogens is 5. The minimum Gasteiger partial charge on any atom is -0.368 e. The van der Waals surface area contributed by atoms with Crippen LogP contribution in [0.1, 0.15) is 18.3 Å². The average molecular weight is 308 g/mol. The molecule has 0 bridgehead atoms. The molecule has 0 aliphatic heterocycles. The lowest BCUT2D eigenvalue weighted by atomic mass is 10.3. The van der Waals surface area contributed by atoms with Gasteiger partial charge in [-0.15, -0.1) is 0 Å². The maximum atomic E-state index is 4.55. The fourth-order valence-electron chi connectivity index (χ4n) is 2.38. The highest BCUT2D eigenvalue weighted by atomic mass is 15.1. The maximum Gasteiger partial charge on any atom is 0.158 e. The molecule has 6 nitrogen and oxygen atoms in total. The lowest BCUT2D eigenvalue weighted by Crippen LogP contribution is -2.13. The molecule has 0 unspecified atom stereocenters. The molecule has 118 valence electrons. The van der Waals surface area contributed by atoms with Gasteiger partial charge in [0.2, 0.25) is 0 Å². The van der Waals surface area contributed by atoms with E-state index in [4.69, 9.17) is 0 Å². The molecule has 3 rings (SSSR count). The number of hydrogen-bond donors (Lipinski definition) is 1.